The highest BCUT2D eigenvalue weighted by Gasteiger charge is 2.07. The summed E-state index contributed by atoms with van der Waals surface area (Å²) >= 11 is 0. The fraction of sp³-hybridized carbons (Fsp3) is 0.471. The second-order valence-electron chi connectivity index (χ2n) is 5.28. The Hall–Kier alpha value is -2.01. The molecule has 0 spiro atoms. The minimum atomic E-state index is -0.161. The zero-order chi connectivity index (χ0) is 16.5. The summed E-state index contributed by atoms with van der Waals surface area (Å²) in [6.07, 6.45) is 3.30. The third-order valence-electron chi connectivity index (χ3n) is 2.78. The first kappa shape index (κ1) is 18.0. The molecule has 122 valence electrons. The number of ether oxygens (including phenoxy) is 3. The standard InChI is InChI=1S/C17H25NO4/c1-12(2)22-15-8-6-14(10-16(15)21-5)7-9-17(19)18-13(3)11-20-4/h6-10,12-13H,11H2,1-5H3,(H,18,19)/b9-7+. The molecule has 1 N–H and O–H groups in total. The van der Waals surface area contributed by atoms with E-state index < -0.39 is 0 Å². The number of nitrogens with one attached hydrogen (secondary N) is 1. The van der Waals surface area contributed by atoms with Gasteiger partial charge in [0.1, 0.15) is 0 Å². The van der Waals surface area contributed by atoms with Gasteiger partial charge in [-0.3, -0.25) is 4.79 Å². The average Bonchev–Trinajstić information content (AvgIpc) is 2.45. The van der Waals surface area contributed by atoms with Crippen LogP contribution < -0.4 is 14.8 Å². The molecule has 1 amide bonds. The Morgan fingerprint density at radius 3 is 2.55 bits per heavy atom. The number of methoxy groups -OCH3 is 2. The smallest absolute Gasteiger partial charge is 0.244 e. The van der Waals surface area contributed by atoms with Gasteiger partial charge in [0.05, 0.1) is 19.8 Å². The van der Waals surface area contributed by atoms with Gasteiger partial charge < -0.3 is 19.5 Å². The molecule has 0 heterocycles. The van der Waals surface area contributed by atoms with Crippen LogP contribution in [0.1, 0.15) is 26.3 Å². The zero-order valence-electron chi connectivity index (χ0n) is 13.9. The van der Waals surface area contributed by atoms with E-state index in [1.165, 1.54) is 6.08 Å². The summed E-state index contributed by atoms with van der Waals surface area (Å²) in [4.78, 5) is 11.8. The first-order valence-corrected chi connectivity index (χ1v) is 7.28. The van der Waals surface area contributed by atoms with Gasteiger partial charge in [-0.15, -0.1) is 0 Å². The monoisotopic (exact) mass is 307 g/mol. The van der Waals surface area contributed by atoms with Gasteiger partial charge >= 0.3 is 0 Å². The van der Waals surface area contributed by atoms with Crippen LogP contribution in [0.4, 0.5) is 0 Å². The molecular weight excluding hydrogens is 282 g/mol. The molecule has 1 unspecified atom stereocenters. The van der Waals surface area contributed by atoms with Crippen molar-refractivity contribution in [1.29, 1.82) is 0 Å². The molecule has 0 aliphatic rings. The van der Waals surface area contributed by atoms with Gasteiger partial charge in [0.15, 0.2) is 11.5 Å². The van der Waals surface area contributed by atoms with Gasteiger partial charge in [0.25, 0.3) is 0 Å². The van der Waals surface area contributed by atoms with E-state index in [2.05, 4.69) is 5.32 Å². The highest BCUT2D eigenvalue weighted by molar-refractivity contribution is 5.92. The van der Waals surface area contributed by atoms with Gasteiger partial charge in [0, 0.05) is 19.2 Å². The van der Waals surface area contributed by atoms with Crippen molar-refractivity contribution in [2.24, 2.45) is 0 Å². The van der Waals surface area contributed by atoms with Gasteiger partial charge in [-0.1, -0.05) is 6.07 Å². The van der Waals surface area contributed by atoms with Crippen molar-refractivity contribution in [3.05, 3.63) is 29.8 Å². The van der Waals surface area contributed by atoms with Crippen molar-refractivity contribution >= 4 is 12.0 Å². The maximum absolute atomic E-state index is 11.8. The lowest BCUT2D eigenvalue weighted by Crippen LogP contribution is -2.34. The summed E-state index contributed by atoms with van der Waals surface area (Å²) in [5.41, 5.74) is 0.863. The van der Waals surface area contributed by atoms with Gasteiger partial charge in [-0.05, 0) is 44.5 Å². The van der Waals surface area contributed by atoms with Crippen LogP contribution in [0, 0.1) is 0 Å². The number of hydrogen-bond donors (Lipinski definition) is 1. The third kappa shape index (κ3) is 6.18. The van der Waals surface area contributed by atoms with Crippen LogP contribution in [0.25, 0.3) is 6.08 Å². The summed E-state index contributed by atoms with van der Waals surface area (Å²) in [5.74, 6) is 1.17. The Labute approximate surface area is 132 Å². The molecule has 1 rings (SSSR count). The number of amides is 1. The molecule has 5 heteroatoms. The molecule has 0 aromatic heterocycles. The molecular formula is C17H25NO4. The second-order valence-corrected chi connectivity index (χ2v) is 5.28. The first-order chi connectivity index (χ1) is 10.5. The average molecular weight is 307 g/mol. The van der Waals surface area contributed by atoms with E-state index in [0.29, 0.717) is 18.1 Å². The molecule has 1 atom stereocenters. The Morgan fingerprint density at radius 1 is 1.23 bits per heavy atom. The van der Waals surface area contributed by atoms with Crippen LogP contribution in [0.2, 0.25) is 0 Å². The van der Waals surface area contributed by atoms with Gasteiger partial charge in [-0.25, -0.2) is 0 Å². The molecule has 5 nitrogen and oxygen atoms in total. The molecule has 0 fully saturated rings. The minimum Gasteiger partial charge on any atom is -0.493 e. The maximum atomic E-state index is 11.8. The Morgan fingerprint density at radius 2 is 1.95 bits per heavy atom. The lowest BCUT2D eigenvalue weighted by atomic mass is 10.2. The van der Waals surface area contributed by atoms with E-state index >= 15 is 0 Å². The molecule has 1 aromatic carbocycles. The fourth-order valence-electron chi connectivity index (χ4n) is 1.89. The molecule has 0 aliphatic carbocycles. The van der Waals surface area contributed by atoms with Crippen LogP contribution in [-0.2, 0) is 9.53 Å². The molecule has 0 aliphatic heterocycles. The lowest BCUT2D eigenvalue weighted by Gasteiger charge is -2.13. The van der Waals surface area contributed by atoms with E-state index in [1.54, 1.807) is 20.3 Å². The fourth-order valence-corrected chi connectivity index (χ4v) is 1.89. The predicted molar refractivity (Wildman–Crippen MR) is 87.3 cm³/mol. The maximum Gasteiger partial charge on any atom is 0.244 e. The van der Waals surface area contributed by atoms with Crippen molar-refractivity contribution < 1.29 is 19.0 Å². The van der Waals surface area contributed by atoms with Crippen molar-refractivity contribution in [2.45, 2.75) is 32.9 Å². The molecule has 22 heavy (non-hydrogen) atoms. The Bertz CT molecular complexity index is 511. The Balaban J connectivity index is 2.73. The van der Waals surface area contributed by atoms with Gasteiger partial charge in [-0.2, -0.15) is 0 Å². The first-order valence-electron chi connectivity index (χ1n) is 7.28. The molecule has 0 saturated heterocycles. The van der Waals surface area contributed by atoms with Crippen molar-refractivity contribution in [1.82, 2.24) is 5.32 Å². The molecule has 0 saturated carbocycles. The third-order valence-corrected chi connectivity index (χ3v) is 2.78. The predicted octanol–water partition coefficient (Wildman–Crippen LogP) is 2.65. The quantitative estimate of drug-likeness (QED) is 0.750. The van der Waals surface area contributed by atoms with E-state index in [9.17, 15) is 4.79 Å². The number of rotatable bonds is 8. The van der Waals surface area contributed by atoms with Crippen molar-refractivity contribution in [3.8, 4) is 11.5 Å². The van der Waals surface area contributed by atoms with Crippen LogP contribution in [-0.4, -0.2) is 38.9 Å². The van der Waals surface area contributed by atoms with Crippen LogP contribution >= 0.6 is 0 Å². The number of carbonyl (C=O) groups is 1. The highest BCUT2D eigenvalue weighted by Crippen LogP contribution is 2.29. The second kappa shape index (κ2) is 9.10. The molecule has 1 aromatic rings. The number of hydrogen-bond acceptors (Lipinski definition) is 4. The number of benzene rings is 1. The summed E-state index contributed by atoms with van der Waals surface area (Å²) in [6, 6.07) is 5.52. The normalized spacial score (nSPS) is 12.5. The van der Waals surface area contributed by atoms with Crippen molar-refractivity contribution in [2.75, 3.05) is 20.8 Å². The van der Waals surface area contributed by atoms with E-state index in [0.717, 1.165) is 5.56 Å². The summed E-state index contributed by atoms with van der Waals surface area (Å²) in [6.45, 7) is 6.28. The zero-order valence-corrected chi connectivity index (χ0v) is 13.9. The van der Waals surface area contributed by atoms with Crippen molar-refractivity contribution in [3.63, 3.8) is 0 Å². The Kier molecular flexibility index (Phi) is 7.46. The SMILES string of the molecule is COCC(C)NC(=O)/C=C/c1ccc(OC(C)C)c(OC)c1. The van der Waals surface area contributed by atoms with E-state index in [4.69, 9.17) is 14.2 Å². The highest BCUT2D eigenvalue weighted by atomic mass is 16.5. The molecule has 0 radical (unpaired) electrons. The van der Waals surface area contributed by atoms with Crippen LogP contribution in [0.5, 0.6) is 11.5 Å². The summed E-state index contributed by atoms with van der Waals surface area (Å²) in [7, 11) is 3.20. The summed E-state index contributed by atoms with van der Waals surface area (Å²) < 4.78 is 15.9. The summed E-state index contributed by atoms with van der Waals surface area (Å²) in [5, 5.41) is 2.81. The van der Waals surface area contributed by atoms with Gasteiger partial charge in [0.2, 0.25) is 5.91 Å². The topological polar surface area (TPSA) is 56.8 Å². The molecule has 0 bridgehead atoms. The van der Waals surface area contributed by atoms with E-state index in [-0.39, 0.29) is 18.1 Å². The van der Waals surface area contributed by atoms with Crippen LogP contribution in [0.3, 0.4) is 0 Å². The van der Waals surface area contributed by atoms with Crippen LogP contribution in [0.15, 0.2) is 24.3 Å². The minimum absolute atomic E-state index is 0.0292. The largest absolute Gasteiger partial charge is 0.493 e. The van der Waals surface area contributed by atoms with E-state index in [1.807, 2.05) is 39.0 Å². The lowest BCUT2D eigenvalue weighted by molar-refractivity contribution is -0.117. The number of carbonyl (C=O) groups excluding carboxylic acids is 1.